The first kappa shape index (κ1) is 74.1. The number of carbonyl (C=O) groups is 3. The molecule has 0 heterocycles. The predicted molar refractivity (Wildman–Crippen MR) is 339 cm³/mol. The lowest BCUT2D eigenvalue weighted by Crippen LogP contribution is -2.30. The van der Waals surface area contributed by atoms with Crippen molar-refractivity contribution in [2.24, 2.45) is 0 Å². The van der Waals surface area contributed by atoms with Gasteiger partial charge in [0.05, 0.1) is 0 Å². The highest BCUT2D eigenvalue weighted by Crippen LogP contribution is 2.16. The van der Waals surface area contributed by atoms with E-state index in [-0.39, 0.29) is 31.1 Å². The van der Waals surface area contributed by atoms with Gasteiger partial charge in [0.25, 0.3) is 0 Å². The Balaban J connectivity index is 4.34. The van der Waals surface area contributed by atoms with Crippen molar-refractivity contribution in [2.75, 3.05) is 13.2 Å². The van der Waals surface area contributed by atoms with Crippen LogP contribution in [0.5, 0.6) is 0 Å². The van der Waals surface area contributed by atoms with Crippen LogP contribution in [-0.2, 0) is 28.6 Å². The first-order valence-electron chi connectivity index (χ1n) is 32.9. The van der Waals surface area contributed by atoms with Crippen molar-refractivity contribution >= 4 is 17.9 Å². The zero-order chi connectivity index (χ0) is 56.4. The maximum absolute atomic E-state index is 12.9. The number of esters is 3. The Labute approximate surface area is 482 Å². The predicted octanol–water partition coefficient (Wildman–Crippen LogP) is 22.6. The molecule has 0 amide bonds. The second-order valence-electron chi connectivity index (χ2n) is 21.6. The first-order chi connectivity index (χ1) is 38.5. The number of hydrogen-bond acceptors (Lipinski definition) is 6. The van der Waals surface area contributed by atoms with Crippen LogP contribution in [0.3, 0.4) is 0 Å². The van der Waals surface area contributed by atoms with Gasteiger partial charge in [-0.1, -0.05) is 291 Å². The van der Waals surface area contributed by atoms with Gasteiger partial charge in [-0.2, -0.15) is 0 Å². The lowest BCUT2D eigenvalue weighted by atomic mass is 10.0. The summed E-state index contributed by atoms with van der Waals surface area (Å²) in [4.78, 5) is 38.2. The minimum Gasteiger partial charge on any atom is -0.462 e. The first-order valence-corrected chi connectivity index (χ1v) is 32.9. The van der Waals surface area contributed by atoms with Crippen molar-refractivity contribution in [3.63, 3.8) is 0 Å². The molecule has 0 aromatic rings. The van der Waals surface area contributed by atoms with E-state index in [0.29, 0.717) is 19.3 Å². The van der Waals surface area contributed by atoms with E-state index < -0.39 is 6.10 Å². The zero-order valence-corrected chi connectivity index (χ0v) is 51.2. The number of allylic oxidation sites excluding steroid dienone is 18. The Hall–Kier alpha value is -3.93. The minimum absolute atomic E-state index is 0.0906. The fourth-order valence-corrected chi connectivity index (χ4v) is 9.10. The van der Waals surface area contributed by atoms with E-state index in [4.69, 9.17) is 14.2 Å². The largest absolute Gasteiger partial charge is 0.462 e. The molecule has 6 heteroatoms. The van der Waals surface area contributed by atoms with Crippen LogP contribution in [-0.4, -0.2) is 37.2 Å². The zero-order valence-electron chi connectivity index (χ0n) is 51.2. The minimum atomic E-state index is -0.797. The Bertz CT molecular complexity index is 1570. The summed E-state index contributed by atoms with van der Waals surface area (Å²) in [5.74, 6) is -0.931. The standard InChI is InChI=1S/C72H122O6/c1-4-7-10-13-16-19-22-24-26-28-30-32-34-35-36-37-39-40-42-44-46-48-50-53-56-59-62-65-71(74)77-68-69(67-76-70(73)64-61-58-55-52-21-18-15-12-9-6-3)78-72(75)66-63-60-57-54-51-49-47-45-43-41-38-33-31-29-27-25-23-20-17-14-11-8-5-2/h7,10,16,19,24,26,29-32,35-36,39-40,44,46,50,53,69H,4-6,8-9,11-15,17-18,20-23,25,27-28,33-34,37-38,41-43,45,47-49,51-52,54-68H2,1-3H3/b10-7-,19-16-,26-24-,31-29-,32-30-,36-35-,40-39-,46-44-,53-50-. The maximum Gasteiger partial charge on any atom is 0.306 e. The van der Waals surface area contributed by atoms with Crippen LogP contribution in [0, 0.1) is 0 Å². The topological polar surface area (TPSA) is 78.9 Å². The fourth-order valence-electron chi connectivity index (χ4n) is 9.10. The monoisotopic (exact) mass is 1080 g/mol. The Morgan fingerprint density at radius 3 is 0.821 bits per heavy atom. The summed E-state index contributed by atoms with van der Waals surface area (Å²) >= 11 is 0. The van der Waals surface area contributed by atoms with Crippen molar-refractivity contribution in [3.8, 4) is 0 Å². The van der Waals surface area contributed by atoms with E-state index in [1.807, 2.05) is 0 Å². The van der Waals surface area contributed by atoms with Crippen LogP contribution in [0.15, 0.2) is 109 Å². The summed E-state index contributed by atoms with van der Waals surface area (Å²) in [6.45, 7) is 6.50. The van der Waals surface area contributed by atoms with Gasteiger partial charge in [-0.05, 0) is 109 Å². The van der Waals surface area contributed by atoms with Crippen molar-refractivity contribution in [2.45, 2.75) is 316 Å². The van der Waals surface area contributed by atoms with E-state index in [2.05, 4.69) is 130 Å². The lowest BCUT2D eigenvalue weighted by molar-refractivity contribution is -0.167. The molecule has 0 spiro atoms. The second-order valence-corrected chi connectivity index (χ2v) is 21.6. The third-order valence-corrected chi connectivity index (χ3v) is 14.0. The van der Waals surface area contributed by atoms with Crippen molar-refractivity contribution in [1.29, 1.82) is 0 Å². The molecule has 0 aromatic carbocycles. The molecule has 0 aliphatic rings. The van der Waals surface area contributed by atoms with Gasteiger partial charge in [0, 0.05) is 19.3 Å². The molecular weight excluding hydrogens is 961 g/mol. The van der Waals surface area contributed by atoms with Crippen molar-refractivity contribution < 1.29 is 28.6 Å². The van der Waals surface area contributed by atoms with Crippen LogP contribution in [0.2, 0.25) is 0 Å². The summed E-state index contributed by atoms with van der Waals surface area (Å²) in [6.07, 6.45) is 89.7. The van der Waals surface area contributed by atoms with Gasteiger partial charge in [-0.15, -0.1) is 0 Å². The Kier molecular flexibility index (Phi) is 62.3. The summed E-state index contributed by atoms with van der Waals surface area (Å²) in [6, 6.07) is 0. The fraction of sp³-hybridized carbons (Fsp3) is 0.708. The molecule has 1 unspecified atom stereocenters. The summed E-state index contributed by atoms with van der Waals surface area (Å²) in [5, 5.41) is 0. The van der Waals surface area contributed by atoms with Gasteiger partial charge in [-0.25, -0.2) is 0 Å². The molecule has 0 saturated heterocycles. The van der Waals surface area contributed by atoms with Crippen LogP contribution < -0.4 is 0 Å². The molecule has 0 rings (SSSR count). The lowest BCUT2D eigenvalue weighted by Gasteiger charge is -2.18. The quantitative estimate of drug-likeness (QED) is 0.0261. The smallest absolute Gasteiger partial charge is 0.306 e. The second kappa shape index (κ2) is 65.6. The average molecular weight is 1080 g/mol. The highest BCUT2D eigenvalue weighted by Gasteiger charge is 2.19. The van der Waals surface area contributed by atoms with E-state index in [0.717, 1.165) is 109 Å². The molecule has 1 atom stereocenters. The number of unbranched alkanes of at least 4 members (excludes halogenated alkanes) is 30. The summed E-state index contributed by atoms with van der Waals surface area (Å²) in [5.41, 5.74) is 0. The molecule has 0 saturated carbocycles. The highest BCUT2D eigenvalue weighted by atomic mass is 16.6. The van der Waals surface area contributed by atoms with Crippen LogP contribution in [0.1, 0.15) is 310 Å². The molecule has 0 bridgehead atoms. The molecule has 78 heavy (non-hydrogen) atoms. The number of hydrogen-bond donors (Lipinski definition) is 0. The van der Waals surface area contributed by atoms with Crippen LogP contribution >= 0.6 is 0 Å². The van der Waals surface area contributed by atoms with E-state index in [1.165, 1.54) is 161 Å². The van der Waals surface area contributed by atoms with Gasteiger partial charge >= 0.3 is 17.9 Å². The molecule has 6 nitrogen and oxygen atoms in total. The summed E-state index contributed by atoms with van der Waals surface area (Å²) in [7, 11) is 0. The van der Waals surface area contributed by atoms with Gasteiger partial charge in [0.2, 0.25) is 0 Å². The van der Waals surface area contributed by atoms with Crippen molar-refractivity contribution in [3.05, 3.63) is 109 Å². The van der Waals surface area contributed by atoms with Crippen LogP contribution in [0.4, 0.5) is 0 Å². The van der Waals surface area contributed by atoms with Gasteiger partial charge in [-0.3, -0.25) is 14.4 Å². The van der Waals surface area contributed by atoms with Crippen molar-refractivity contribution in [1.82, 2.24) is 0 Å². The Morgan fingerprint density at radius 1 is 0.269 bits per heavy atom. The van der Waals surface area contributed by atoms with Crippen LogP contribution in [0.25, 0.3) is 0 Å². The SMILES string of the molecule is CC/C=C\C/C=C\C/C=C\C/C=C\C/C=C\C/C=C\C/C=C\C/C=C\CCCCC(=O)OCC(COC(=O)CCCCCCCCCCCC)OC(=O)CCCCCCCCCCCCC/C=C\CCCCCCCCCC. The molecule has 0 aromatic heterocycles. The molecule has 0 N–H and O–H groups in total. The molecule has 446 valence electrons. The number of carbonyl (C=O) groups excluding carboxylic acids is 3. The number of ether oxygens (including phenoxy) is 3. The molecule has 0 aliphatic carbocycles. The third kappa shape index (κ3) is 62.9. The maximum atomic E-state index is 12.9. The van der Waals surface area contributed by atoms with Gasteiger partial charge in [0.1, 0.15) is 13.2 Å². The molecular formula is C72H122O6. The van der Waals surface area contributed by atoms with E-state index in [9.17, 15) is 14.4 Å². The Morgan fingerprint density at radius 2 is 0.500 bits per heavy atom. The number of rotatable bonds is 59. The average Bonchev–Trinajstić information content (AvgIpc) is 3.44. The van der Waals surface area contributed by atoms with Gasteiger partial charge in [0.15, 0.2) is 6.10 Å². The van der Waals surface area contributed by atoms with E-state index in [1.54, 1.807) is 0 Å². The molecule has 0 radical (unpaired) electrons. The molecule has 0 aliphatic heterocycles. The highest BCUT2D eigenvalue weighted by molar-refractivity contribution is 5.71. The normalized spacial score (nSPS) is 12.8. The molecule has 0 fully saturated rings. The third-order valence-electron chi connectivity index (χ3n) is 14.0. The van der Waals surface area contributed by atoms with E-state index >= 15 is 0 Å². The van der Waals surface area contributed by atoms with Gasteiger partial charge < -0.3 is 14.2 Å². The summed E-state index contributed by atoms with van der Waals surface area (Å²) < 4.78 is 16.9.